The summed E-state index contributed by atoms with van der Waals surface area (Å²) in [5.74, 6) is -1.65. The van der Waals surface area contributed by atoms with E-state index in [1.165, 1.54) is 18.2 Å². The molecule has 0 aliphatic carbocycles. The number of hydrogen-bond acceptors (Lipinski definition) is 2. The van der Waals surface area contributed by atoms with Gasteiger partial charge in [-0.2, -0.15) is 0 Å². The molecule has 0 spiro atoms. The normalized spacial score (nSPS) is 9.76. The van der Waals surface area contributed by atoms with E-state index < -0.39 is 24.4 Å². The van der Waals surface area contributed by atoms with E-state index in [-0.39, 0.29) is 12.1 Å². The fraction of sp³-hybridized carbons (Fsp3) is 0.200. The first-order valence-electron chi connectivity index (χ1n) is 4.66. The number of halogens is 2. The average Bonchev–Trinajstić information content (AvgIpc) is 2.27. The number of carbonyl (C=O) groups is 2. The minimum absolute atomic E-state index is 0.0716. The largest absolute Gasteiger partial charge is 0.480 e. The molecule has 0 aliphatic rings. The molecule has 0 saturated carbocycles. The van der Waals surface area contributed by atoms with Crippen LogP contribution in [0.15, 0.2) is 18.2 Å². The molecule has 0 atom stereocenters. The van der Waals surface area contributed by atoms with Crippen molar-refractivity contribution in [2.24, 2.45) is 0 Å². The van der Waals surface area contributed by atoms with Crippen molar-refractivity contribution in [2.45, 2.75) is 6.54 Å². The molecule has 0 bridgehead atoms. The van der Waals surface area contributed by atoms with Crippen LogP contribution in [-0.4, -0.2) is 23.7 Å². The SMILES string of the molecule is O=C(O)CNC(=O)NCc1cc(Cl)ccc1F. The zero-order valence-electron chi connectivity index (χ0n) is 8.67. The lowest BCUT2D eigenvalue weighted by Crippen LogP contribution is -2.38. The van der Waals surface area contributed by atoms with Crippen molar-refractivity contribution in [3.8, 4) is 0 Å². The average molecular weight is 261 g/mol. The van der Waals surface area contributed by atoms with E-state index in [4.69, 9.17) is 16.7 Å². The molecule has 1 aromatic carbocycles. The summed E-state index contributed by atoms with van der Waals surface area (Å²) in [6.07, 6.45) is 0. The molecule has 3 N–H and O–H groups in total. The second-order valence-corrected chi connectivity index (χ2v) is 3.60. The highest BCUT2D eigenvalue weighted by molar-refractivity contribution is 6.30. The summed E-state index contributed by atoms with van der Waals surface area (Å²) in [6.45, 7) is -0.568. The van der Waals surface area contributed by atoms with Gasteiger partial charge in [0.25, 0.3) is 0 Å². The maximum Gasteiger partial charge on any atom is 0.323 e. The van der Waals surface area contributed by atoms with Gasteiger partial charge >= 0.3 is 12.0 Å². The fourth-order valence-corrected chi connectivity index (χ4v) is 1.27. The van der Waals surface area contributed by atoms with Gasteiger partial charge in [0.15, 0.2) is 0 Å². The Morgan fingerprint density at radius 3 is 2.71 bits per heavy atom. The summed E-state index contributed by atoms with van der Waals surface area (Å²) in [5.41, 5.74) is 0.225. The molecule has 0 aliphatic heterocycles. The number of nitrogens with one attached hydrogen (secondary N) is 2. The van der Waals surface area contributed by atoms with Crippen LogP contribution in [0, 0.1) is 5.82 Å². The topological polar surface area (TPSA) is 78.4 Å². The number of rotatable bonds is 4. The van der Waals surface area contributed by atoms with Gasteiger partial charge in [-0.1, -0.05) is 11.6 Å². The first kappa shape index (κ1) is 13.2. The van der Waals surface area contributed by atoms with Crippen molar-refractivity contribution >= 4 is 23.6 Å². The lowest BCUT2D eigenvalue weighted by molar-refractivity contribution is -0.135. The Hall–Kier alpha value is -1.82. The maximum absolute atomic E-state index is 13.2. The second-order valence-electron chi connectivity index (χ2n) is 3.17. The van der Waals surface area contributed by atoms with Crippen LogP contribution >= 0.6 is 11.6 Å². The Balaban J connectivity index is 2.47. The quantitative estimate of drug-likeness (QED) is 0.765. The summed E-state index contributed by atoms with van der Waals surface area (Å²) in [6, 6.07) is 3.28. The molecule has 0 aromatic heterocycles. The van der Waals surface area contributed by atoms with Gasteiger partial charge < -0.3 is 15.7 Å². The highest BCUT2D eigenvalue weighted by Crippen LogP contribution is 2.14. The highest BCUT2D eigenvalue weighted by atomic mass is 35.5. The Morgan fingerprint density at radius 2 is 2.06 bits per heavy atom. The minimum atomic E-state index is -1.16. The van der Waals surface area contributed by atoms with Gasteiger partial charge in [0.1, 0.15) is 12.4 Å². The van der Waals surface area contributed by atoms with Gasteiger partial charge in [0, 0.05) is 17.1 Å². The third-order valence-corrected chi connectivity index (χ3v) is 2.08. The second kappa shape index (κ2) is 6.05. The number of aliphatic carboxylic acids is 1. The number of amides is 2. The summed E-state index contributed by atoms with van der Waals surface area (Å²) in [5, 5.41) is 13.1. The molecule has 17 heavy (non-hydrogen) atoms. The smallest absolute Gasteiger partial charge is 0.323 e. The molecular formula is C10H10ClFN2O3. The van der Waals surface area contributed by atoms with Crippen molar-refractivity contribution in [2.75, 3.05) is 6.54 Å². The zero-order valence-corrected chi connectivity index (χ0v) is 9.42. The van der Waals surface area contributed by atoms with E-state index in [0.717, 1.165) is 0 Å². The molecule has 5 nitrogen and oxygen atoms in total. The Labute approximate surface area is 102 Å². The summed E-state index contributed by atoms with van der Waals surface area (Å²) in [7, 11) is 0. The Morgan fingerprint density at radius 1 is 1.35 bits per heavy atom. The number of carboxylic acid groups (broad SMARTS) is 1. The zero-order chi connectivity index (χ0) is 12.8. The summed E-state index contributed by atoms with van der Waals surface area (Å²) in [4.78, 5) is 21.2. The highest BCUT2D eigenvalue weighted by Gasteiger charge is 2.06. The summed E-state index contributed by atoms with van der Waals surface area (Å²) < 4.78 is 13.2. The number of urea groups is 1. The molecule has 0 unspecified atom stereocenters. The van der Waals surface area contributed by atoms with Crippen LogP contribution in [0.4, 0.5) is 9.18 Å². The monoisotopic (exact) mass is 260 g/mol. The van der Waals surface area contributed by atoms with Crippen LogP contribution in [-0.2, 0) is 11.3 Å². The van der Waals surface area contributed by atoms with E-state index in [1.807, 2.05) is 0 Å². The number of carbonyl (C=O) groups excluding carboxylic acids is 1. The molecule has 92 valence electrons. The van der Waals surface area contributed by atoms with Gasteiger partial charge in [-0.05, 0) is 18.2 Å². The van der Waals surface area contributed by atoms with E-state index in [0.29, 0.717) is 5.02 Å². The van der Waals surface area contributed by atoms with Crippen LogP contribution < -0.4 is 10.6 Å². The van der Waals surface area contributed by atoms with Crippen molar-refractivity contribution in [1.82, 2.24) is 10.6 Å². The standard InChI is InChI=1S/C10H10ClFN2O3/c11-7-1-2-8(12)6(3-7)4-13-10(17)14-5-9(15)16/h1-3H,4-5H2,(H,15,16)(H2,13,14,17). The van der Waals surface area contributed by atoms with Gasteiger partial charge in [-0.3, -0.25) is 4.79 Å². The lowest BCUT2D eigenvalue weighted by Gasteiger charge is -2.07. The number of carboxylic acids is 1. The van der Waals surface area contributed by atoms with Crippen molar-refractivity contribution in [3.63, 3.8) is 0 Å². The van der Waals surface area contributed by atoms with Crippen LogP contribution in [0.5, 0.6) is 0 Å². The molecular weight excluding hydrogens is 251 g/mol. The third-order valence-electron chi connectivity index (χ3n) is 1.85. The van der Waals surface area contributed by atoms with Crippen LogP contribution in [0.3, 0.4) is 0 Å². The van der Waals surface area contributed by atoms with Gasteiger partial charge in [-0.15, -0.1) is 0 Å². The first-order valence-corrected chi connectivity index (χ1v) is 5.04. The first-order chi connectivity index (χ1) is 7.99. The van der Waals surface area contributed by atoms with Gasteiger partial charge in [0.2, 0.25) is 0 Å². The fourth-order valence-electron chi connectivity index (χ4n) is 1.07. The van der Waals surface area contributed by atoms with Crippen molar-refractivity contribution < 1.29 is 19.1 Å². The lowest BCUT2D eigenvalue weighted by atomic mass is 10.2. The van der Waals surface area contributed by atoms with Gasteiger partial charge in [-0.25, -0.2) is 9.18 Å². The van der Waals surface area contributed by atoms with E-state index in [1.54, 1.807) is 0 Å². The van der Waals surface area contributed by atoms with Crippen molar-refractivity contribution in [3.05, 3.63) is 34.6 Å². The van der Waals surface area contributed by atoms with Crippen LogP contribution in [0.25, 0.3) is 0 Å². The molecule has 0 heterocycles. The third kappa shape index (κ3) is 4.69. The molecule has 0 saturated heterocycles. The van der Waals surface area contributed by atoms with Crippen LogP contribution in [0.2, 0.25) is 5.02 Å². The Bertz CT molecular complexity index is 440. The van der Waals surface area contributed by atoms with Gasteiger partial charge in [0.05, 0.1) is 0 Å². The molecule has 2 amide bonds. The van der Waals surface area contributed by atoms with E-state index in [9.17, 15) is 14.0 Å². The molecule has 0 fully saturated rings. The molecule has 0 radical (unpaired) electrons. The number of hydrogen-bond donors (Lipinski definition) is 3. The van der Waals surface area contributed by atoms with E-state index >= 15 is 0 Å². The maximum atomic E-state index is 13.2. The predicted molar refractivity (Wildman–Crippen MR) is 59.3 cm³/mol. The predicted octanol–water partition coefficient (Wildman–Crippen LogP) is 1.36. The molecule has 1 rings (SSSR count). The number of benzene rings is 1. The van der Waals surface area contributed by atoms with Crippen LogP contribution in [0.1, 0.15) is 5.56 Å². The molecule has 1 aromatic rings. The van der Waals surface area contributed by atoms with E-state index in [2.05, 4.69) is 10.6 Å². The van der Waals surface area contributed by atoms with Crippen molar-refractivity contribution in [1.29, 1.82) is 0 Å². The Kier molecular flexibility index (Phi) is 4.71. The molecule has 7 heteroatoms. The minimum Gasteiger partial charge on any atom is -0.480 e. The summed E-state index contributed by atoms with van der Waals surface area (Å²) >= 11 is 5.66.